The summed E-state index contributed by atoms with van der Waals surface area (Å²) in [6.07, 6.45) is 3.96. The molecule has 10 atom stereocenters. The molecule has 0 radical (unpaired) electrons. The molecule has 0 spiro atoms. The lowest BCUT2D eigenvalue weighted by Crippen LogP contribution is -2.60. The molecule has 0 bridgehead atoms. The van der Waals surface area contributed by atoms with Gasteiger partial charge in [0.15, 0.2) is 0 Å². The van der Waals surface area contributed by atoms with Crippen LogP contribution in [-0.2, 0) is 54.4 Å². The molecule has 0 aliphatic carbocycles. The van der Waals surface area contributed by atoms with Gasteiger partial charge in [0, 0.05) is 0 Å². The van der Waals surface area contributed by atoms with Gasteiger partial charge >= 0.3 is 5.97 Å². The van der Waals surface area contributed by atoms with Gasteiger partial charge in [-0.1, -0.05) is 85.7 Å². The van der Waals surface area contributed by atoms with Gasteiger partial charge in [-0.2, -0.15) is 0 Å². The summed E-state index contributed by atoms with van der Waals surface area (Å²) in [4.78, 5) is 136. The van der Waals surface area contributed by atoms with Crippen LogP contribution in [0, 0.1) is 23.7 Å². The third kappa shape index (κ3) is 29.9. The summed E-state index contributed by atoms with van der Waals surface area (Å²) in [7, 11) is 0. The van der Waals surface area contributed by atoms with Gasteiger partial charge in [-0.3, -0.25) is 43.2 Å². The Kier molecular flexibility index (Phi) is 35.3. The molecule has 1 rings (SSSR count). The topological polar surface area (TPSA) is 403 Å². The second kappa shape index (κ2) is 39.2. The molecule has 460 valence electrons. The first-order valence-electron chi connectivity index (χ1n) is 29.0. The molecule has 0 aromatic heterocycles. The summed E-state index contributed by atoms with van der Waals surface area (Å²) in [6, 6.07) is -2.33. The van der Waals surface area contributed by atoms with Crippen LogP contribution in [0.3, 0.4) is 0 Å². The number of benzene rings is 1. The van der Waals surface area contributed by atoms with E-state index in [1.165, 1.54) is 13.8 Å². The molecule has 18 N–H and O–H groups in total. The molecule has 24 heteroatoms. The average molecular weight is 1140 g/mol. The Morgan fingerprint density at radius 3 is 0.963 bits per heavy atom. The third-order valence-electron chi connectivity index (χ3n) is 13.2. The van der Waals surface area contributed by atoms with Crippen molar-refractivity contribution in [1.29, 1.82) is 0 Å². The van der Waals surface area contributed by atoms with E-state index in [1.807, 2.05) is 85.7 Å². The molecule has 0 fully saturated rings. The number of hydrogen-bond donors (Lipinski definition) is 14. The van der Waals surface area contributed by atoms with Gasteiger partial charge in [0.25, 0.3) is 0 Å². The summed E-state index contributed by atoms with van der Waals surface area (Å²) in [5.74, 6) is -7.81. The largest absolute Gasteiger partial charge is 0.480 e. The minimum absolute atomic E-state index is 0.0577. The number of aliphatic carboxylic acids is 1. The monoisotopic (exact) mass is 1140 g/mol. The summed E-state index contributed by atoms with van der Waals surface area (Å²) in [5.41, 5.74) is 24.3. The van der Waals surface area contributed by atoms with Crippen LogP contribution in [0.15, 0.2) is 30.3 Å². The van der Waals surface area contributed by atoms with E-state index < -0.39 is 120 Å². The Morgan fingerprint density at radius 1 is 0.370 bits per heavy atom. The van der Waals surface area contributed by atoms with Gasteiger partial charge in [-0.05, 0) is 153 Å². The van der Waals surface area contributed by atoms with Crippen molar-refractivity contribution in [2.45, 2.75) is 220 Å². The molecule has 1 aromatic rings. The molecule has 0 aliphatic rings. The molecule has 0 saturated heterocycles. The van der Waals surface area contributed by atoms with E-state index in [-0.39, 0.29) is 75.0 Å². The van der Waals surface area contributed by atoms with Crippen molar-refractivity contribution < 1.29 is 53.1 Å². The lowest BCUT2D eigenvalue weighted by atomic mass is 9.99. The molecule has 9 amide bonds. The van der Waals surface area contributed by atoms with Crippen molar-refractivity contribution in [1.82, 2.24) is 47.9 Å². The van der Waals surface area contributed by atoms with E-state index in [9.17, 15) is 53.1 Å². The third-order valence-corrected chi connectivity index (χ3v) is 13.2. The highest BCUT2D eigenvalue weighted by Gasteiger charge is 2.35. The standard InChI is InChI=1S/C57H101N13O11/c1-33(2)28-44(67-48(71)37(9)62-50(73)40(61)32-39-20-12-11-13-21-39)54(77)63-38(10)49(72)68-45(29-34(3)4)55(78)66-42(23-15-18-26-59)52(75)69-46(30-35(5)6)56(79)65-41(22-14-17-25-58)51(74)64-43(24-16-19-27-60)53(76)70-47(57(80)81)31-36(7)8/h11-13,20-21,33-38,40-47H,14-19,22-32,58-61H2,1-10H3,(H,62,73)(H,63,77)(H,64,74)(H,65,79)(H,66,78)(H,67,71)(H,68,72)(H,69,75)(H,70,76)(H,80,81)/t37-,38-,40-,41-,42-,43-,44-,45-,46-,47-/m0/s1. The normalized spacial score (nSPS) is 15.1. The highest BCUT2D eigenvalue weighted by Crippen LogP contribution is 2.14. The number of nitrogens with two attached hydrogens (primary N) is 4. The minimum atomic E-state index is -1.22. The Hall–Kier alpha value is -6.24. The molecule has 1 aromatic carbocycles. The first-order valence-corrected chi connectivity index (χ1v) is 29.0. The van der Waals surface area contributed by atoms with Crippen molar-refractivity contribution in [3.63, 3.8) is 0 Å². The Labute approximate surface area is 480 Å². The molecule has 0 heterocycles. The van der Waals surface area contributed by atoms with E-state index in [0.29, 0.717) is 58.2 Å². The molecule has 0 saturated carbocycles. The lowest BCUT2D eigenvalue weighted by Gasteiger charge is -2.29. The van der Waals surface area contributed by atoms with Crippen LogP contribution in [0.5, 0.6) is 0 Å². The molecular weight excluding hydrogens is 1040 g/mol. The number of carbonyl (C=O) groups excluding carboxylic acids is 9. The highest BCUT2D eigenvalue weighted by atomic mass is 16.4. The number of carboxylic acid groups (broad SMARTS) is 1. The van der Waals surface area contributed by atoms with Crippen LogP contribution in [0.25, 0.3) is 0 Å². The SMILES string of the molecule is CC(C)C[C@H](NC(=O)[C@H](CCCCN)NC(=O)[C@H](CCCCN)NC(=O)[C@H](CC(C)C)NC(=O)[C@H](CCCCN)NC(=O)[C@H](CC(C)C)NC(=O)[C@H](C)NC(=O)[C@H](CC(C)C)NC(=O)[C@H](C)NC(=O)[C@@H](N)Cc1ccccc1)C(=O)O. The van der Waals surface area contributed by atoms with Gasteiger partial charge in [0.2, 0.25) is 53.2 Å². The molecule has 0 unspecified atom stereocenters. The first-order chi connectivity index (χ1) is 38.1. The quantitative estimate of drug-likeness (QED) is 0.0400. The second-order valence-electron chi connectivity index (χ2n) is 22.9. The van der Waals surface area contributed by atoms with Gasteiger partial charge in [0.05, 0.1) is 6.04 Å². The summed E-state index contributed by atoms with van der Waals surface area (Å²) < 4.78 is 0. The van der Waals surface area contributed by atoms with Gasteiger partial charge in [-0.15, -0.1) is 0 Å². The van der Waals surface area contributed by atoms with Gasteiger partial charge < -0.3 is 75.9 Å². The van der Waals surface area contributed by atoms with Crippen LogP contribution in [0.4, 0.5) is 0 Å². The van der Waals surface area contributed by atoms with Crippen LogP contribution >= 0.6 is 0 Å². The fraction of sp³-hybridized carbons (Fsp3) is 0.719. The average Bonchev–Trinajstić information content (AvgIpc) is 3.38. The van der Waals surface area contributed by atoms with Gasteiger partial charge in [0.1, 0.15) is 54.4 Å². The Bertz CT molecular complexity index is 2130. The Balaban J connectivity index is 3.35. The maximum Gasteiger partial charge on any atom is 0.326 e. The van der Waals surface area contributed by atoms with Crippen LogP contribution in [-0.4, -0.2) is 144 Å². The number of amides is 9. The highest BCUT2D eigenvalue weighted by molar-refractivity contribution is 5.98. The predicted octanol–water partition coefficient (Wildman–Crippen LogP) is 0.615. The number of carboxylic acids is 1. The fourth-order valence-corrected chi connectivity index (χ4v) is 8.77. The number of unbranched alkanes of at least 4 members (excludes halogenated alkanes) is 3. The van der Waals surface area contributed by atoms with E-state index in [1.54, 1.807) is 0 Å². The van der Waals surface area contributed by atoms with Crippen molar-refractivity contribution >= 4 is 59.1 Å². The number of carbonyl (C=O) groups is 10. The smallest absolute Gasteiger partial charge is 0.326 e. The van der Waals surface area contributed by atoms with Crippen LogP contribution in [0.2, 0.25) is 0 Å². The fourth-order valence-electron chi connectivity index (χ4n) is 8.77. The molecular formula is C57H101N13O11. The van der Waals surface area contributed by atoms with E-state index in [0.717, 1.165) is 5.56 Å². The molecule has 0 aliphatic heterocycles. The van der Waals surface area contributed by atoms with Crippen LogP contribution in [0.1, 0.15) is 158 Å². The summed E-state index contributed by atoms with van der Waals surface area (Å²) in [5, 5.41) is 34.1. The number of nitrogens with one attached hydrogen (secondary N) is 9. The number of rotatable bonds is 41. The van der Waals surface area contributed by atoms with Crippen molar-refractivity contribution in [2.24, 2.45) is 46.6 Å². The zero-order valence-corrected chi connectivity index (χ0v) is 49.8. The van der Waals surface area contributed by atoms with Crippen LogP contribution < -0.4 is 70.8 Å². The maximum absolute atomic E-state index is 14.3. The first kappa shape index (κ1) is 72.8. The van der Waals surface area contributed by atoms with Crippen molar-refractivity contribution in [3.05, 3.63) is 35.9 Å². The van der Waals surface area contributed by atoms with E-state index in [2.05, 4.69) is 47.9 Å². The van der Waals surface area contributed by atoms with Crippen molar-refractivity contribution in [3.8, 4) is 0 Å². The lowest BCUT2D eigenvalue weighted by molar-refractivity contribution is -0.143. The predicted molar refractivity (Wildman–Crippen MR) is 311 cm³/mol. The zero-order valence-electron chi connectivity index (χ0n) is 49.8. The minimum Gasteiger partial charge on any atom is -0.480 e. The van der Waals surface area contributed by atoms with E-state index >= 15 is 0 Å². The van der Waals surface area contributed by atoms with E-state index in [4.69, 9.17) is 22.9 Å². The zero-order chi connectivity index (χ0) is 61.4. The second-order valence-corrected chi connectivity index (χ2v) is 22.9. The van der Waals surface area contributed by atoms with Gasteiger partial charge in [-0.25, -0.2) is 4.79 Å². The Morgan fingerprint density at radius 2 is 0.642 bits per heavy atom. The summed E-state index contributed by atoms with van der Waals surface area (Å²) >= 11 is 0. The van der Waals surface area contributed by atoms with Crippen molar-refractivity contribution in [2.75, 3.05) is 19.6 Å². The maximum atomic E-state index is 14.3. The molecule has 24 nitrogen and oxygen atoms in total. The summed E-state index contributed by atoms with van der Waals surface area (Å²) in [6.45, 7) is 18.5. The molecule has 81 heavy (non-hydrogen) atoms. The number of hydrogen-bond acceptors (Lipinski definition) is 14.